The molecule has 25 heavy (non-hydrogen) atoms. The topological polar surface area (TPSA) is 49.9 Å². The molecule has 0 radical (unpaired) electrons. The summed E-state index contributed by atoms with van der Waals surface area (Å²) >= 11 is 1.56. The molecule has 6 heteroatoms. The molecule has 1 saturated heterocycles. The predicted molar refractivity (Wildman–Crippen MR) is 100 cm³/mol. The second kappa shape index (κ2) is 7.54. The summed E-state index contributed by atoms with van der Waals surface area (Å²) in [5.74, 6) is 0.381. The number of nitrogens with zero attached hydrogens (tertiary/aromatic N) is 2. The molecule has 5 nitrogen and oxygen atoms in total. The molecule has 0 bridgehead atoms. The van der Waals surface area contributed by atoms with Crippen LogP contribution in [0.2, 0.25) is 0 Å². The van der Waals surface area contributed by atoms with Crippen LogP contribution in [0.3, 0.4) is 0 Å². The van der Waals surface area contributed by atoms with Crippen LogP contribution in [0.5, 0.6) is 0 Å². The number of hydrogen-bond donors (Lipinski definition) is 0. The van der Waals surface area contributed by atoms with Gasteiger partial charge in [-0.25, -0.2) is 0 Å². The van der Waals surface area contributed by atoms with E-state index in [9.17, 15) is 9.59 Å². The largest absolute Gasteiger partial charge is 0.384 e. The van der Waals surface area contributed by atoms with Crippen molar-refractivity contribution in [2.45, 2.75) is 18.8 Å². The zero-order valence-electron chi connectivity index (χ0n) is 14.9. The molecule has 0 spiro atoms. The molecule has 1 aromatic heterocycles. The third kappa shape index (κ3) is 3.55. The molecular formula is C19H24N2O3S. The zero-order valence-corrected chi connectivity index (χ0v) is 15.8. The molecule has 3 rings (SSSR count). The Labute approximate surface area is 152 Å². The Morgan fingerprint density at radius 2 is 2.08 bits per heavy atom. The van der Waals surface area contributed by atoms with E-state index < -0.39 is 0 Å². The van der Waals surface area contributed by atoms with Gasteiger partial charge in [0.05, 0.1) is 17.9 Å². The Balaban J connectivity index is 1.91. The fourth-order valence-electron chi connectivity index (χ4n) is 3.40. The van der Waals surface area contributed by atoms with Gasteiger partial charge in [-0.15, -0.1) is 11.3 Å². The number of benzene rings is 1. The van der Waals surface area contributed by atoms with Gasteiger partial charge in [0.1, 0.15) is 0 Å². The highest BCUT2D eigenvalue weighted by atomic mass is 32.1. The van der Waals surface area contributed by atoms with E-state index in [1.807, 2.05) is 17.0 Å². The Bertz CT molecular complexity index is 784. The molecule has 0 unspecified atom stereocenters. The van der Waals surface area contributed by atoms with Crippen molar-refractivity contribution in [3.05, 3.63) is 34.7 Å². The van der Waals surface area contributed by atoms with Crippen LogP contribution in [-0.2, 0) is 9.53 Å². The Kier molecular flexibility index (Phi) is 5.39. The lowest BCUT2D eigenvalue weighted by Crippen LogP contribution is -2.29. The lowest BCUT2D eigenvalue weighted by Gasteiger charge is -2.18. The van der Waals surface area contributed by atoms with E-state index in [0.29, 0.717) is 19.6 Å². The van der Waals surface area contributed by atoms with Gasteiger partial charge >= 0.3 is 0 Å². The zero-order chi connectivity index (χ0) is 18.0. The average molecular weight is 360 g/mol. The van der Waals surface area contributed by atoms with Gasteiger partial charge in [0.25, 0.3) is 5.91 Å². The minimum Gasteiger partial charge on any atom is -0.384 e. The predicted octanol–water partition coefficient (Wildman–Crippen LogP) is 2.96. The van der Waals surface area contributed by atoms with Crippen LogP contribution >= 0.6 is 11.3 Å². The van der Waals surface area contributed by atoms with Gasteiger partial charge in [0.15, 0.2) is 0 Å². The first kappa shape index (κ1) is 17.9. The molecule has 2 amide bonds. The van der Waals surface area contributed by atoms with Crippen molar-refractivity contribution >= 4 is 33.2 Å². The third-order valence-electron chi connectivity index (χ3n) is 4.70. The average Bonchev–Trinajstić information content (AvgIpc) is 3.22. The number of amides is 2. The van der Waals surface area contributed by atoms with E-state index in [2.05, 4.69) is 12.1 Å². The maximum atomic E-state index is 12.7. The van der Waals surface area contributed by atoms with Crippen LogP contribution in [0.1, 0.15) is 34.0 Å². The number of ether oxygens (including phenoxy) is 1. The first-order valence-corrected chi connectivity index (χ1v) is 9.34. The maximum absolute atomic E-state index is 12.7. The number of fused-ring (bicyclic) bond motifs is 1. The molecule has 2 aromatic rings. The first-order chi connectivity index (χ1) is 12.0. The van der Waals surface area contributed by atoms with Crippen LogP contribution in [0, 0.1) is 0 Å². The van der Waals surface area contributed by atoms with E-state index in [1.165, 1.54) is 0 Å². The van der Waals surface area contributed by atoms with Gasteiger partial charge in [-0.3, -0.25) is 9.59 Å². The van der Waals surface area contributed by atoms with Crippen molar-refractivity contribution < 1.29 is 14.3 Å². The Morgan fingerprint density at radius 1 is 1.32 bits per heavy atom. The minimum atomic E-state index is 0.0420. The highest BCUT2D eigenvalue weighted by Crippen LogP contribution is 2.40. The summed E-state index contributed by atoms with van der Waals surface area (Å²) in [4.78, 5) is 29.3. The van der Waals surface area contributed by atoms with Crippen LogP contribution in [0.25, 0.3) is 10.1 Å². The van der Waals surface area contributed by atoms with Gasteiger partial charge in [0.2, 0.25) is 5.91 Å². The highest BCUT2D eigenvalue weighted by molar-refractivity contribution is 7.21. The summed E-state index contributed by atoms with van der Waals surface area (Å²) in [6.07, 6.45) is 1.31. The number of rotatable bonds is 5. The number of thiophene rings is 1. The van der Waals surface area contributed by atoms with Crippen molar-refractivity contribution in [2.24, 2.45) is 0 Å². The molecule has 0 aliphatic carbocycles. The first-order valence-electron chi connectivity index (χ1n) is 8.52. The molecule has 1 atom stereocenters. The lowest BCUT2D eigenvalue weighted by molar-refractivity contribution is -0.131. The van der Waals surface area contributed by atoms with Gasteiger partial charge in [-0.05, 0) is 23.4 Å². The van der Waals surface area contributed by atoms with Crippen molar-refractivity contribution in [3.8, 4) is 0 Å². The molecule has 1 aliphatic heterocycles. The number of carbonyl (C=O) groups is 2. The fraction of sp³-hybridized carbons (Fsp3) is 0.474. The second-order valence-electron chi connectivity index (χ2n) is 6.61. The highest BCUT2D eigenvalue weighted by Gasteiger charge is 2.32. The van der Waals surface area contributed by atoms with E-state index in [4.69, 9.17) is 4.74 Å². The smallest absolute Gasteiger partial charge is 0.263 e. The molecule has 1 fully saturated rings. The SMILES string of the molecule is COCCC(=O)N1CC[C@H](c2c(C(=O)N(C)C)sc3ccccc23)C1. The monoisotopic (exact) mass is 360 g/mol. The van der Waals surface area contributed by atoms with Crippen molar-refractivity contribution in [1.29, 1.82) is 0 Å². The number of methoxy groups -OCH3 is 1. The molecule has 0 N–H and O–H groups in total. The quantitative estimate of drug-likeness (QED) is 0.824. The summed E-state index contributed by atoms with van der Waals surface area (Å²) in [7, 11) is 5.17. The molecular weight excluding hydrogens is 336 g/mol. The Morgan fingerprint density at radius 3 is 2.80 bits per heavy atom. The van der Waals surface area contributed by atoms with Crippen molar-refractivity contribution in [1.82, 2.24) is 9.80 Å². The normalized spacial score (nSPS) is 17.2. The number of carbonyl (C=O) groups excluding carboxylic acids is 2. The van der Waals surface area contributed by atoms with Gasteiger partial charge in [-0.1, -0.05) is 18.2 Å². The maximum Gasteiger partial charge on any atom is 0.263 e. The van der Waals surface area contributed by atoms with E-state index in [0.717, 1.165) is 33.5 Å². The molecule has 0 saturated carbocycles. The number of hydrogen-bond acceptors (Lipinski definition) is 4. The summed E-state index contributed by atoms with van der Waals surface area (Å²) in [5, 5.41) is 1.15. The summed E-state index contributed by atoms with van der Waals surface area (Å²) in [5.41, 5.74) is 1.11. The molecule has 1 aliphatic rings. The van der Waals surface area contributed by atoms with E-state index in [1.54, 1.807) is 37.4 Å². The Hall–Kier alpha value is -1.92. The third-order valence-corrected chi connectivity index (χ3v) is 5.88. The molecule has 134 valence electrons. The van der Waals surface area contributed by atoms with Crippen molar-refractivity contribution in [3.63, 3.8) is 0 Å². The number of likely N-dealkylation sites (tertiary alicyclic amines) is 1. The lowest BCUT2D eigenvalue weighted by atomic mass is 9.95. The fourth-order valence-corrected chi connectivity index (χ4v) is 4.71. The van der Waals surface area contributed by atoms with Crippen molar-refractivity contribution in [2.75, 3.05) is 40.9 Å². The van der Waals surface area contributed by atoms with Crippen LogP contribution < -0.4 is 0 Å². The van der Waals surface area contributed by atoms with Gasteiger partial charge in [0, 0.05) is 44.9 Å². The summed E-state index contributed by atoms with van der Waals surface area (Å²) in [6, 6.07) is 8.16. The van der Waals surface area contributed by atoms with E-state index >= 15 is 0 Å². The van der Waals surface area contributed by atoms with Crippen LogP contribution in [-0.4, -0.2) is 62.5 Å². The van der Waals surface area contributed by atoms with Crippen LogP contribution in [0.4, 0.5) is 0 Å². The summed E-state index contributed by atoms with van der Waals surface area (Å²) < 4.78 is 6.14. The summed E-state index contributed by atoms with van der Waals surface area (Å²) in [6.45, 7) is 1.87. The molecule has 1 aromatic carbocycles. The minimum absolute atomic E-state index is 0.0420. The van der Waals surface area contributed by atoms with Gasteiger partial charge in [-0.2, -0.15) is 0 Å². The molecule has 2 heterocycles. The van der Waals surface area contributed by atoms with Crippen LogP contribution in [0.15, 0.2) is 24.3 Å². The van der Waals surface area contributed by atoms with Gasteiger partial charge < -0.3 is 14.5 Å². The van der Waals surface area contributed by atoms with E-state index in [-0.39, 0.29) is 17.7 Å². The standard InChI is InChI=1S/C19H24N2O3S/c1-20(2)19(23)18-17(14-6-4-5-7-15(14)25-18)13-8-10-21(12-13)16(22)9-11-24-3/h4-7,13H,8-12H2,1-3H3/t13-/m0/s1. The second-order valence-corrected chi connectivity index (χ2v) is 7.66.